The van der Waals surface area contributed by atoms with Gasteiger partial charge in [0.05, 0.1) is 0 Å². The number of benzene rings is 3. The van der Waals surface area contributed by atoms with E-state index in [0.29, 0.717) is 17.2 Å². The van der Waals surface area contributed by atoms with Crippen molar-refractivity contribution in [2.45, 2.75) is 13.8 Å². The van der Waals surface area contributed by atoms with Crippen molar-refractivity contribution >= 4 is 23.1 Å². The summed E-state index contributed by atoms with van der Waals surface area (Å²) in [5.41, 5.74) is 5.27. The first-order valence-electron chi connectivity index (χ1n) is 10.1. The van der Waals surface area contributed by atoms with Gasteiger partial charge in [0.15, 0.2) is 5.82 Å². The fourth-order valence-corrected chi connectivity index (χ4v) is 3.24. The summed E-state index contributed by atoms with van der Waals surface area (Å²) in [6.07, 6.45) is 1.60. The number of nitrogens with one attached hydrogen (secondary N) is 1. The summed E-state index contributed by atoms with van der Waals surface area (Å²) in [5, 5.41) is 2.95. The van der Waals surface area contributed by atoms with Gasteiger partial charge in [0.25, 0.3) is 5.91 Å². The van der Waals surface area contributed by atoms with Crippen molar-refractivity contribution in [1.29, 1.82) is 0 Å². The van der Waals surface area contributed by atoms with Gasteiger partial charge < -0.3 is 10.2 Å². The average Bonchev–Trinajstić information content (AvgIpc) is 2.81. The maximum absolute atomic E-state index is 13.1. The Morgan fingerprint density at radius 2 is 1.45 bits per heavy atom. The largest absolute Gasteiger partial charge is 0.329 e. The van der Waals surface area contributed by atoms with Crippen molar-refractivity contribution in [2.24, 2.45) is 0 Å². The molecule has 0 saturated heterocycles. The summed E-state index contributed by atoms with van der Waals surface area (Å²) in [4.78, 5) is 24.3. The predicted molar refractivity (Wildman–Crippen MR) is 126 cm³/mol. The molecule has 0 radical (unpaired) electrons. The molecule has 3 aromatic carbocycles. The summed E-state index contributed by atoms with van der Waals surface area (Å²) < 4.78 is 0. The number of carbonyl (C=O) groups is 1. The van der Waals surface area contributed by atoms with E-state index < -0.39 is 0 Å². The number of aryl methyl sites for hydroxylation is 2. The maximum Gasteiger partial charge on any atom is 0.261 e. The van der Waals surface area contributed by atoms with E-state index in [1.165, 1.54) is 5.56 Å². The summed E-state index contributed by atoms with van der Waals surface area (Å²) in [7, 11) is 1.91. The number of hydrogen-bond acceptors (Lipinski definition) is 4. The van der Waals surface area contributed by atoms with Crippen LogP contribution in [0.2, 0.25) is 0 Å². The molecule has 0 atom stereocenters. The van der Waals surface area contributed by atoms with Gasteiger partial charge in [0.2, 0.25) is 0 Å². The Hall–Kier alpha value is -3.99. The molecule has 154 valence electrons. The highest BCUT2D eigenvalue weighted by Gasteiger charge is 2.20. The van der Waals surface area contributed by atoms with Gasteiger partial charge in [-0.3, -0.25) is 4.79 Å². The average molecular weight is 409 g/mol. The lowest BCUT2D eigenvalue weighted by atomic mass is 10.1. The molecule has 1 aromatic heterocycles. The second kappa shape index (κ2) is 8.79. The zero-order valence-electron chi connectivity index (χ0n) is 17.8. The van der Waals surface area contributed by atoms with Crippen LogP contribution in [0.25, 0.3) is 11.4 Å². The van der Waals surface area contributed by atoms with Gasteiger partial charge in [-0.25, -0.2) is 9.97 Å². The Kier molecular flexibility index (Phi) is 5.76. The molecular formula is C26H24N4O. The van der Waals surface area contributed by atoms with Crippen LogP contribution in [0.15, 0.2) is 85.1 Å². The van der Waals surface area contributed by atoms with Crippen LogP contribution in [-0.4, -0.2) is 22.9 Å². The third-order valence-electron chi connectivity index (χ3n) is 5.09. The second-order valence-corrected chi connectivity index (χ2v) is 7.51. The third-order valence-corrected chi connectivity index (χ3v) is 5.09. The van der Waals surface area contributed by atoms with E-state index in [0.717, 1.165) is 22.5 Å². The zero-order chi connectivity index (χ0) is 21.8. The highest BCUT2D eigenvalue weighted by atomic mass is 16.1. The highest BCUT2D eigenvalue weighted by molar-refractivity contribution is 6.08. The van der Waals surface area contributed by atoms with Crippen molar-refractivity contribution in [3.8, 4) is 11.4 Å². The number of hydrogen-bond donors (Lipinski definition) is 1. The fraction of sp³-hybridized carbons (Fsp3) is 0.115. The molecule has 1 heterocycles. The van der Waals surface area contributed by atoms with Gasteiger partial charge in [-0.2, -0.15) is 0 Å². The Morgan fingerprint density at radius 3 is 2.10 bits per heavy atom. The molecule has 1 amide bonds. The number of aromatic nitrogens is 2. The van der Waals surface area contributed by atoms with E-state index in [1.54, 1.807) is 6.20 Å². The van der Waals surface area contributed by atoms with Crippen LogP contribution in [0.4, 0.5) is 17.2 Å². The molecule has 1 N–H and O–H groups in total. The lowest BCUT2D eigenvalue weighted by Crippen LogP contribution is -2.20. The molecule has 4 rings (SSSR count). The highest BCUT2D eigenvalue weighted by Crippen LogP contribution is 2.28. The van der Waals surface area contributed by atoms with E-state index in [9.17, 15) is 4.79 Å². The summed E-state index contributed by atoms with van der Waals surface area (Å²) in [6.45, 7) is 4.05. The topological polar surface area (TPSA) is 58.1 Å². The van der Waals surface area contributed by atoms with Gasteiger partial charge >= 0.3 is 0 Å². The number of anilines is 3. The number of nitrogens with zero attached hydrogens (tertiary/aromatic N) is 3. The minimum atomic E-state index is -0.252. The number of amides is 1. The standard InChI is InChI=1S/C26H24N4O/c1-18-9-13-21(14-10-18)28-26(31)23-17-27-24(20-7-5-4-6-8-20)29-25(23)30(3)22-15-11-19(2)12-16-22/h4-17H,1-3H3,(H,28,31). The fourth-order valence-electron chi connectivity index (χ4n) is 3.24. The van der Waals surface area contributed by atoms with Crippen LogP contribution in [0.3, 0.4) is 0 Å². The molecule has 0 spiro atoms. The van der Waals surface area contributed by atoms with Crippen molar-refractivity contribution in [1.82, 2.24) is 9.97 Å². The summed E-state index contributed by atoms with van der Waals surface area (Å²) >= 11 is 0. The van der Waals surface area contributed by atoms with Crippen LogP contribution in [-0.2, 0) is 0 Å². The first-order valence-corrected chi connectivity index (χ1v) is 10.1. The van der Waals surface area contributed by atoms with Crippen molar-refractivity contribution < 1.29 is 4.79 Å². The molecule has 4 aromatic rings. The second-order valence-electron chi connectivity index (χ2n) is 7.51. The first kappa shape index (κ1) is 20.3. The molecule has 5 nitrogen and oxygen atoms in total. The molecule has 0 fully saturated rings. The van der Waals surface area contributed by atoms with E-state index in [1.807, 2.05) is 105 Å². The van der Waals surface area contributed by atoms with Gasteiger partial charge in [-0.1, -0.05) is 65.7 Å². The quantitative estimate of drug-likeness (QED) is 0.455. The smallest absolute Gasteiger partial charge is 0.261 e. The monoisotopic (exact) mass is 408 g/mol. The number of carbonyl (C=O) groups excluding carboxylic acids is 1. The molecule has 0 aliphatic carbocycles. The molecule has 0 unspecified atom stereocenters. The lowest BCUT2D eigenvalue weighted by molar-refractivity contribution is 0.102. The Bertz CT molecular complexity index is 1190. The minimum Gasteiger partial charge on any atom is -0.329 e. The van der Waals surface area contributed by atoms with E-state index in [2.05, 4.69) is 10.3 Å². The lowest BCUT2D eigenvalue weighted by Gasteiger charge is -2.22. The Morgan fingerprint density at radius 1 is 0.839 bits per heavy atom. The molecule has 0 aliphatic heterocycles. The molecule has 0 bridgehead atoms. The van der Waals surface area contributed by atoms with Crippen molar-refractivity contribution in [2.75, 3.05) is 17.3 Å². The summed E-state index contributed by atoms with van der Waals surface area (Å²) in [5.74, 6) is 0.862. The zero-order valence-corrected chi connectivity index (χ0v) is 17.8. The normalized spacial score (nSPS) is 10.5. The molecular weight excluding hydrogens is 384 g/mol. The van der Waals surface area contributed by atoms with Gasteiger partial charge in [-0.15, -0.1) is 0 Å². The molecule has 5 heteroatoms. The van der Waals surface area contributed by atoms with E-state index in [4.69, 9.17) is 4.98 Å². The predicted octanol–water partition coefficient (Wildman–Crippen LogP) is 5.78. The Balaban J connectivity index is 1.75. The van der Waals surface area contributed by atoms with Crippen molar-refractivity contribution in [3.63, 3.8) is 0 Å². The van der Waals surface area contributed by atoms with Crippen LogP contribution >= 0.6 is 0 Å². The minimum absolute atomic E-state index is 0.252. The third kappa shape index (κ3) is 4.61. The van der Waals surface area contributed by atoms with Crippen LogP contribution in [0.1, 0.15) is 21.5 Å². The molecule has 0 aliphatic rings. The van der Waals surface area contributed by atoms with Gasteiger partial charge in [0.1, 0.15) is 11.4 Å². The van der Waals surface area contributed by atoms with Crippen LogP contribution in [0.5, 0.6) is 0 Å². The number of rotatable bonds is 5. The molecule has 31 heavy (non-hydrogen) atoms. The molecule has 0 saturated carbocycles. The van der Waals surface area contributed by atoms with Gasteiger partial charge in [-0.05, 0) is 38.1 Å². The first-order chi connectivity index (χ1) is 15.0. The van der Waals surface area contributed by atoms with E-state index in [-0.39, 0.29) is 5.91 Å². The van der Waals surface area contributed by atoms with Gasteiger partial charge in [0, 0.05) is 30.2 Å². The van der Waals surface area contributed by atoms with Crippen LogP contribution in [0, 0.1) is 13.8 Å². The maximum atomic E-state index is 13.1. The Labute approximate surface area is 182 Å². The van der Waals surface area contributed by atoms with Crippen molar-refractivity contribution in [3.05, 3.63) is 102 Å². The van der Waals surface area contributed by atoms with E-state index >= 15 is 0 Å². The summed E-state index contributed by atoms with van der Waals surface area (Å²) in [6, 6.07) is 25.6. The SMILES string of the molecule is Cc1ccc(NC(=O)c2cnc(-c3ccccc3)nc2N(C)c2ccc(C)cc2)cc1. The van der Waals surface area contributed by atoms with Crippen LogP contribution < -0.4 is 10.2 Å².